The van der Waals surface area contributed by atoms with Crippen LogP contribution in [-0.4, -0.2) is 57.6 Å². The number of nitrogens with one attached hydrogen (secondary N) is 2. The van der Waals surface area contributed by atoms with Crippen LogP contribution >= 0.6 is 0 Å². The van der Waals surface area contributed by atoms with Crippen molar-refractivity contribution in [2.24, 2.45) is 5.92 Å². The summed E-state index contributed by atoms with van der Waals surface area (Å²) in [5.41, 5.74) is 0.118. The van der Waals surface area contributed by atoms with Crippen LogP contribution in [0.4, 0.5) is 4.79 Å². The molecule has 2 aromatic carbocycles. The fourth-order valence-corrected chi connectivity index (χ4v) is 5.28. The average molecular weight is 666 g/mol. The lowest BCUT2D eigenvalue weighted by Gasteiger charge is -2.45. The van der Waals surface area contributed by atoms with E-state index in [2.05, 4.69) is 10.6 Å². The standard InChI is InChI=1S/C39H59N3O6/c1-13-27-20-22-29(23-21-27)32(33(43)40-31(35(45)47-37(5,6)7)25-28-18-16-15-17-19-28)42(39(11,12)14-2)34(44)30(24-26(3)4)41-36(46)48-38(8,9)10/h15-23,26,30-32H,13-14,24-25H2,1-12H3,(H,40,43)(H,41,46). The van der Waals surface area contributed by atoms with E-state index < -0.39 is 58.7 Å². The first kappa shape index (κ1) is 40.3. The van der Waals surface area contributed by atoms with Crippen LogP contribution in [-0.2, 0) is 36.7 Å². The molecule has 0 aliphatic heterocycles. The monoisotopic (exact) mass is 665 g/mol. The fourth-order valence-electron chi connectivity index (χ4n) is 5.28. The van der Waals surface area contributed by atoms with Crippen molar-refractivity contribution in [3.8, 4) is 0 Å². The maximum Gasteiger partial charge on any atom is 0.408 e. The van der Waals surface area contributed by atoms with Gasteiger partial charge in [-0.2, -0.15) is 0 Å². The molecule has 2 rings (SSSR count). The van der Waals surface area contributed by atoms with Crippen molar-refractivity contribution < 1.29 is 28.7 Å². The summed E-state index contributed by atoms with van der Waals surface area (Å²) < 4.78 is 11.3. The van der Waals surface area contributed by atoms with E-state index in [1.807, 2.05) is 96.1 Å². The number of esters is 1. The minimum absolute atomic E-state index is 0.0408. The summed E-state index contributed by atoms with van der Waals surface area (Å²) in [4.78, 5) is 57.7. The highest BCUT2D eigenvalue weighted by molar-refractivity contribution is 5.94. The normalized spacial score (nSPS) is 14.0. The molecule has 48 heavy (non-hydrogen) atoms. The van der Waals surface area contributed by atoms with Crippen molar-refractivity contribution in [2.75, 3.05) is 0 Å². The number of alkyl carbamates (subject to hydrolysis) is 1. The van der Waals surface area contributed by atoms with Gasteiger partial charge in [0.05, 0.1) is 0 Å². The van der Waals surface area contributed by atoms with Crippen LogP contribution in [0.5, 0.6) is 0 Å². The minimum Gasteiger partial charge on any atom is -0.458 e. The number of nitrogens with zero attached hydrogens (tertiary/aromatic N) is 1. The van der Waals surface area contributed by atoms with Crippen LogP contribution in [0.3, 0.4) is 0 Å². The maximum absolute atomic E-state index is 14.8. The molecule has 3 unspecified atom stereocenters. The number of carbonyl (C=O) groups is 4. The van der Waals surface area contributed by atoms with Gasteiger partial charge in [0.2, 0.25) is 11.8 Å². The molecule has 266 valence electrons. The molecule has 0 spiro atoms. The molecule has 2 aromatic rings. The summed E-state index contributed by atoms with van der Waals surface area (Å²) in [6.07, 6.45) is 1.12. The van der Waals surface area contributed by atoms with Gasteiger partial charge in [0.15, 0.2) is 0 Å². The van der Waals surface area contributed by atoms with Crippen molar-refractivity contribution in [3.63, 3.8) is 0 Å². The largest absolute Gasteiger partial charge is 0.458 e. The number of hydrogen-bond donors (Lipinski definition) is 2. The molecule has 3 atom stereocenters. The molecule has 0 heterocycles. The van der Waals surface area contributed by atoms with E-state index in [4.69, 9.17) is 9.47 Å². The third kappa shape index (κ3) is 12.6. The Balaban J connectivity index is 2.72. The van der Waals surface area contributed by atoms with Crippen molar-refractivity contribution >= 4 is 23.9 Å². The Bertz CT molecular complexity index is 1360. The summed E-state index contributed by atoms with van der Waals surface area (Å²) in [7, 11) is 0. The molecule has 9 heteroatoms. The molecule has 0 saturated carbocycles. The lowest BCUT2D eigenvalue weighted by molar-refractivity contribution is -0.159. The number of aryl methyl sites for hydroxylation is 1. The molecule has 0 aromatic heterocycles. The van der Waals surface area contributed by atoms with E-state index in [0.717, 1.165) is 17.5 Å². The van der Waals surface area contributed by atoms with Gasteiger partial charge in [0.25, 0.3) is 0 Å². The first-order valence-electron chi connectivity index (χ1n) is 17.2. The number of ether oxygens (including phenoxy) is 2. The van der Waals surface area contributed by atoms with Crippen molar-refractivity contribution in [1.29, 1.82) is 0 Å². The van der Waals surface area contributed by atoms with E-state index in [1.165, 1.54) is 0 Å². The molecule has 0 bridgehead atoms. The van der Waals surface area contributed by atoms with Gasteiger partial charge in [-0.3, -0.25) is 9.59 Å². The Morgan fingerprint density at radius 3 is 1.77 bits per heavy atom. The third-order valence-corrected chi connectivity index (χ3v) is 7.95. The Morgan fingerprint density at radius 1 is 0.729 bits per heavy atom. The van der Waals surface area contributed by atoms with Crippen molar-refractivity contribution in [3.05, 3.63) is 71.3 Å². The van der Waals surface area contributed by atoms with Crippen LogP contribution in [0.1, 0.15) is 119 Å². The quantitative estimate of drug-likeness (QED) is 0.205. The second-order valence-electron chi connectivity index (χ2n) is 15.5. The Hall–Kier alpha value is -3.88. The maximum atomic E-state index is 14.8. The SMILES string of the molecule is CCc1ccc(C(C(=O)NC(Cc2ccccc2)C(=O)OC(C)(C)C)N(C(=O)C(CC(C)C)NC(=O)OC(C)(C)C)C(C)(C)CC)cc1. The molecule has 2 N–H and O–H groups in total. The zero-order chi connectivity index (χ0) is 36.4. The van der Waals surface area contributed by atoms with Crippen molar-refractivity contribution in [1.82, 2.24) is 15.5 Å². The van der Waals surface area contributed by atoms with Gasteiger partial charge in [-0.1, -0.05) is 82.3 Å². The van der Waals surface area contributed by atoms with Crippen LogP contribution in [0.25, 0.3) is 0 Å². The Labute approximate surface area is 288 Å². The molecule has 0 fully saturated rings. The summed E-state index contributed by atoms with van der Waals surface area (Å²) in [5.74, 6) is -1.48. The summed E-state index contributed by atoms with van der Waals surface area (Å²) >= 11 is 0. The van der Waals surface area contributed by atoms with Crippen LogP contribution < -0.4 is 10.6 Å². The molecular weight excluding hydrogens is 606 g/mol. The van der Waals surface area contributed by atoms with Gasteiger partial charge in [-0.25, -0.2) is 9.59 Å². The zero-order valence-corrected chi connectivity index (χ0v) is 31.2. The van der Waals surface area contributed by atoms with Gasteiger partial charge in [-0.05, 0) is 97.3 Å². The lowest BCUT2D eigenvalue weighted by atomic mass is 9.90. The third-order valence-electron chi connectivity index (χ3n) is 7.95. The highest BCUT2D eigenvalue weighted by Crippen LogP contribution is 2.33. The van der Waals surface area contributed by atoms with Crippen LogP contribution in [0.2, 0.25) is 0 Å². The fraction of sp³-hybridized carbons (Fsp3) is 0.590. The van der Waals surface area contributed by atoms with Gasteiger partial charge in [0.1, 0.15) is 29.3 Å². The topological polar surface area (TPSA) is 114 Å². The highest BCUT2D eigenvalue weighted by atomic mass is 16.6. The number of hydrogen-bond acceptors (Lipinski definition) is 6. The minimum atomic E-state index is -1.13. The molecule has 0 aliphatic rings. The molecule has 3 amide bonds. The van der Waals surface area contributed by atoms with E-state index in [1.54, 1.807) is 46.4 Å². The molecular formula is C39H59N3O6. The number of carbonyl (C=O) groups excluding carboxylic acids is 4. The number of benzene rings is 2. The predicted molar refractivity (Wildman–Crippen MR) is 190 cm³/mol. The predicted octanol–water partition coefficient (Wildman–Crippen LogP) is 7.32. The Kier molecular flexibility index (Phi) is 14.3. The Morgan fingerprint density at radius 2 is 1.29 bits per heavy atom. The van der Waals surface area contributed by atoms with Crippen molar-refractivity contribution in [2.45, 2.75) is 144 Å². The number of rotatable bonds is 14. The molecule has 9 nitrogen and oxygen atoms in total. The smallest absolute Gasteiger partial charge is 0.408 e. The lowest BCUT2D eigenvalue weighted by Crippen LogP contribution is -2.60. The first-order chi connectivity index (χ1) is 22.2. The second kappa shape index (κ2) is 17.0. The van der Waals surface area contributed by atoms with Gasteiger partial charge < -0.3 is 25.0 Å². The van der Waals surface area contributed by atoms with Crippen LogP contribution in [0, 0.1) is 5.92 Å². The average Bonchev–Trinajstić information content (AvgIpc) is 2.97. The highest BCUT2D eigenvalue weighted by Gasteiger charge is 2.44. The van der Waals surface area contributed by atoms with E-state index in [0.29, 0.717) is 18.4 Å². The van der Waals surface area contributed by atoms with E-state index in [9.17, 15) is 19.2 Å². The van der Waals surface area contributed by atoms with Gasteiger partial charge >= 0.3 is 12.1 Å². The summed E-state index contributed by atoms with van der Waals surface area (Å²) in [6, 6.07) is 13.9. The number of amides is 3. The summed E-state index contributed by atoms with van der Waals surface area (Å²) in [6.45, 7) is 22.4. The van der Waals surface area contributed by atoms with E-state index >= 15 is 0 Å². The zero-order valence-electron chi connectivity index (χ0n) is 31.2. The molecule has 0 saturated heterocycles. The van der Waals surface area contributed by atoms with E-state index in [-0.39, 0.29) is 12.3 Å². The summed E-state index contributed by atoms with van der Waals surface area (Å²) in [5, 5.41) is 5.78. The van der Waals surface area contributed by atoms with Gasteiger partial charge in [-0.15, -0.1) is 0 Å². The second-order valence-corrected chi connectivity index (χ2v) is 15.5. The first-order valence-corrected chi connectivity index (χ1v) is 17.2. The molecule has 0 aliphatic carbocycles. The molecule has 0 radical (unpaired) electrons. The van der Waals surface area contributed by atoms with Crippen LogP contribution in [0.15, 0.2) is 54.6 Å². The van der Waals surface area contributed by atoms with Gasteiger partial charge in [0, 0.05) is 12.0 Å².